The van der Waals surface area contributed by atoms with Gasteiger partial charge in [-0.3, -0.25) is 0 Å². The van der Waals surface area contributed by atoms with Gasteiger partial charge in [0.15, 0.2) is 0 Å². The van der Waals surface area contributed by atoms with Crippen molar-refractivity contribution in [3.63, 3.8) is 0 Å². The second-order valence-corrected chi connectivity index (χ2v) is 5.16. The van der Waals surface area contributed by atoms with Crippen molar-refractivity contribution in [1.29, 1.82) is 0 Å². The van der Waals surface area contributed by atoms with Gasteiger partial charge in [0.25, 0.3) is 0 Å². The van der Waals surface area contributed by atoms with Gasteiger partial charge < -0.3 is 10.1 Å². The van der Waals surface area contributed by atoms with Gasteiger partial charge in [-0.1, -0.05) is 11.6 Å². The summed E-state index contributed by atoms with van der Waals surface area (Å²) < 4.78 is 5.80. The molecular formula is C11H16ClNOS. The normalized spacial score (nSPS) is 24.0. The lowest BCUT2D eigenvalue weighted by Crippen LogP contribution is -2.33. The molecule has 2 nitrogen and oxygen atoms in total. The predicted octanol–water partition coefficient (Wildman–Crippen LogP) is 3.23. The maximum atomic E-state index is 6.15. The lowest BCUT2D eigenvalue weighted by atomic mass is 10.0. The van der Waals surface area contributed by atoms with E-state index in [1.807, 2.05) is 18.5 Å². The Morgan fingerprint density at radius 2 is 2.47 bits per heavy atom. The average molecular weight is 246 g/mol. The number of halogens is 1. The van der Waals surface area contributed by atoms with E-state index >= 15 is 0 Å². The van der Waals surface area contributed by atoms with Gasteiger partial charge in [0, 0.05) is 11.5 Å². The summed E-state index contributed by atoms with van der Waals surface area (Å²) in [6.45, 7) is 0.881. The van der Waals surface area contributed by atoms with Crippen LogP contribution in [0.4, 0.5) is 0 Å². The maximum Gasteiger partial charge on any atom is 0.0778 e. The fourth-order valence-electron chi connectivity index (χ4n) is 2.04. The molecule has 2 unspecified atom stereocenters. The van der Waals surface area contributed by atoms with Crippen LogP contribution < -0.4 is 5.32 Å². The fourth-order valence-corrected chi connectivity index (χ4v) is 3.38. The summed E-state index contributed by atoms with van der Waals surface area (Å²) in [5.41, 5.74) is 0. The molecule has 0 spiro atoms. The van der Waals surface area contributed by atoms with Crippen LogP contribution in [-0.4, -0.2) is 19.8 Å². The van der Waals surface area contributed by atoms with E-state index in [4.69, 9.17) is 16.3 Å². The minimum atomic E-state index is 0.248. The first-order valence-corrected chi connectivity index (χ1v) is 6.60. The molecule has 2 atom stereocenters. The molecule has 84 valence electrons. The van der Waals surface area contributed by atoms with E-state index < -0.39 is 0 Å². The van der Waals surface area contributed by atoms with Crippen molar-refractivity contribution in [2.45, 2.75) is 31.4 Å². The summed E-state index contributed by atoms with van der Waals surface area (Å²) in [7, 11) is 1.97. The summed E-state index contributed by atoms with van der Waals surface area (Å²) >= 11 is 7.85. The van der Waals surface area contributed by atoms with E-state index in [0.29, 0.717) is 0 Å². The maximum absolute atomic E-state index is 6.15. The monoisotopic (exact) mass is 245 g/mol. The van der Waals surface area contributed by atoms with Crippen LogP contribution in [0, 0.1) is 0 Å². The highest BCUT2D eigenvalue weighted by molar-refractivity contribution is 7.10. The van der Waals surface area contributed by atoms with E-state index in [1.165, 1.54) is 17.7 Å². The summed E-state index contributed by atoms with van der Waals surface area (Å²) in [6.07, 6.45) is 3.84. The van der Waals surface area contributed by atoms with E-state index in [0.717, 1.165) is 18.1 Å². The smallest absolute Gasteiger partial charge is 0.0778 e. The molecule has 0 bridgehead atoms. The molecule has 1 aromatic rings. The molecule has 4 heteroatoms. The highest BCUT2D eigenvalue weighted by Gasteiger charge is 2.26. The minimum absolute atomic E-state index is 0.248. The number of hydrogen-bond donors (Lipinski definition) is 1. The molecular weight excluding hydrogens is 230 g/mol. The molecule has 1 fully saturated rings. The third-order valence-corrected chi connectivity index (χ3v) is 4.27. The van der Waals surface area contributed by atoms with Crippen molar-refractivity contribution >= 4 is 22.9 Å². The Hall–Kier alpha value is -0.0900. The molecule has 15 heavy (non-hydrogen) atoms. The Labute approximate surface area is 99.6 Å². The Balaban J connectivity index is 2.12. The average Bonchev–Trinajstić information content (AvgIpc) is 2.68. The zero-order valence-electron chi connectivity index (χ0n) is 8.83. The fraction of sp³-hybridized carbons (Fsp3) is 0.636. The first-order valence-electron chi connectivity index (χ1n) is 5.34. The molecule has 0 saturated carbocycles. The van der Waals surface area contributed by atoms with Crippen LogP contribution in [0.5, 0.6) is 0 Å². The van der Waals surface area contributed by atoms with Crippen LogP contribution in [0.1, 0.15) is 30.2 Å². The van der Waals surface area contributed by atoms with Gasteiger partial charge in [0.05, 0.1) is 17.2 Å². The molecule has 1 aliphatic heterocycles. The van der Waals surface area contributed by atoms with Crippen LogP contribution in [-0.2, 0) is 4.74 Å². The molecule has 0 amide bonds. The molecule has 0 aliphatic carbocycles. The molecule has 2 heterocycles. The van der Waals surface area contributed by atoms with Crippen molar-refractivity contribution in [2.24, 2.45) is 0 Å². The zero-order chi connectivity index (χ0) is 10.7. The molecule has 0 radical (unpaired) electrons. The van der Waals surface area contributed by atoms with E-state index in [9.17, 15) is 0 Å². The van der Waals surface area contributed by atoms with Gasteiger partial charge >= 0.3 is 0 Å². The van der Waals surface area contributed by atoms with Crippen molar-refractivity contribution in [1.82, 2.24) is 5.32 Å². The van der Waals surface area contributed by atoms with Gasteiger partial charge in [0.2, 0.25) is 0 Å². The molecule has 1 N–H and O–H groups in total. The van der Waals surface area contributed by atoms with Crippen LogP contribution in [0.15, 0.2) is 11.4 Å². The first kappa shape index (κ1) is 11.4. The van der Waals surface area contributed by atoms with Gasteiger partial charge in [-0.2, -0.15) is 0 Å². The largest absolute Gasteiger partial charge is 0.376 e. The van der Waals surface area contributed by atoms with Crippen molar-refractivity contribution in [3.05, 3.63) is 21.3 Å². The van der Waals surface area contributed by atoms with Crippen LogP contribution >= 0.6 is 22.9 Å². The number of nitrogens with one attached hydrogen (secondary N) is 1. The first-order chi connectivity index (χ1) is 7.33. The number of ether oxygens (including phenoxy) is 1. The number of thiophene rings is 1. The van der Waals surface area contributed by atoms with Crippen LogP contribution in [0.3, 0.4) is 0 Å². The second-order valence-electron chi connectivity index (χ2n) is 3.80. The zero-order valence-corrected chi connectivity index (χ0v) is 10.4. The third-order valence-electron chi connectivity index (χ3n) is 2.82. The lowest BCUT2D eigenvalue weighted by molar-refractivity contribution is -0.00587. The number of rotatable bonds is 3. The van der Waals surface area contributed by atoms with Crippen LogP contribution in [0.25, 0.3) is 0 Å². The van der Waals surface area contributed by atoms with Gasteiger partial charge in [-0.15, -0.1) is 11.3 Å². The second kappa shape index (κ2) is 5.30. The highest BCUT2D eigenvalue weighted by atomic mass is 35.5. The van der Waals surface area contributed by atoms with Gasteiger partial charge in [-0.05, 0) is 37.8 Å². The highest BCUT2D eigenvalue weighted by Crippen LogP contribution is 2.34. The Morgan fingerprint density at radius 3 is 3.00 bits per heavy atom. The molecule has 1 aromatic heterocycles. The summed E-state index contributed by atoms with van der Waals surface area (Å²) in [6, 6.07) is 2.20. The summed E-state index contributed by atoms with van der Waals surface area (Å²) in [4.78, 5) is 1.20. The van der Waals surface area contributed by atoms with Crippen molar-refractivity contribution in [3.8, 4) is 0 Å². The minimum Gasteiger partial charge on any atom is -0.376 e. The summed E-state index contributed by atoms with van der Waals surface area (Å²) in [5.74, 6) is 0. The Morgan fingerprint density at radius 1 is 1.60 bits per heavy atom. The standard InChI is InChI=1S/C11H16ClNOS/c1-13-10(9-4-2-3-6-14-9)11-8(12)5-7-15-11/h5,7,9-10,13H,2-4,6H2,1H3. The molecule has 0 aromatic carbocycles. The quantitative estimate of drug-likeness (QED) is 0.883. The van der Waals surface area contributed by atoms with Gasteiger partial charge in [0.1, 0.15) is 0 Å². The van der Waals surface area contributed by atoms with Crippen molar-refractivity contribution < 1.29 is 4.74 Å². The van der Waals surface area contributed by atoms with Gasteiger partial charge in [-0.25, -0.2) is 0 Å². The van der Waals surface area contributed by atoms with E-state index in [-0.39, 0.29) is 12.1 Å². The molecule has 2 rings (SSSR count). The SMILES string of the molecule is CNC(c1sccc1Cl)C1CCCCO1. The molecule has 1 saturated heterocycles. The molecule has 1 aliphatic rings. The number of likely N-dealkylation sites (N-methyl/N-ethyl adjacent to an activating group) is 1. The summed E-state index contributed by atoms with van der Waals surface area (Å²) in [5, 5.41) is 6.20. The predicted molar refractivity (Wildman–Crippen MR) is 64.7 cm³/mol. The third kappa shape index (κ3) is 2.53. The van der Waals surface area contributed by atoms with Crippen LogP contribution in [0.2, 0.25) is 5.02 Å². The Bertz CT molecular complexity index is 309. The van der Waals surface area contributed by atoms with E-state index in [1.54, 1.807) is 11.3 Å². The van der Waals surface area contributed by atoms with Crippen molar-refractivity contribution in [2.75, 3.05) is 13.7 Å². The topological polar surface area (TPSA) is 21.3 Å². The Kier molecular flexibility index (Phi) is 4.03. The van der Waals surface area contributed by atoms with E-state index in [2.05, 4.69) is 5.32 Å². The lowest BCUT2D eigenvalue weighted by Gasteiger charge is -2.29. The number of hydrogen-bond acceptors (Lipinski definition) is 3.